The number of hydrogen-bond donors (Lipinski definition) is 2. The van der Waals surface area contributed by atoms with Crippen LogP contribution in [-0.4, -0.2) is 25.6 Å². The van der Waals surface area contributed by atoms with Gasteiger partial charge in [0.2, 0.25) is 0 Å². The molecular weight excluding hydrogens is 334 g/mol. The molecule has 134 valence electrons. The van der Waals surface area contributed by atoms with Crippen LogP contribution < -0.4 is 10.6 Å². The third kappa shape index (κ3) is 5.90. The molecule has 0 bridgehead atoms. The highest BCUT2D eigenvalue weighted by Crippen LogP contribution is 2.16. The number of nitrogens with zero attached hydrogens (tertiary/aromatic N) is 1. The van der Waals surface area contributed by atoms with E-state index in [1.165, 1.54) is 9.75 Å². The van der Waals surface area contributed by atoms with Crippen molar-refractivity contribution >= 4 is 23.3 Å². The first kappa shape index (κ1) is 19.0. The van der Waals surface area contributed by atoms with Crippen molar-refractivity contribution in [3.63, 3.8) is 0 Å². The maximum Gasteiger partial charge on any atom is 0.338 e. The zero-order valence-corrected chi connectivity index (χ0v) is 15.8. The molecule has 1 aromatic heterocycles. The number of nitrogens with one attached hydrogen (secondary N) is 2. The number of guanidine groups is 1. The van der Waals surface area contributed by atoms with Gasteiger partial charge in [0.15, 0.2) is 5.96 Å². The van der Waals surface area contributed by atoms with E-state index in [0.29, 0.717) is 18.7 Å². The number of aryl methyl sites for hydroxylation is 1. The van der Waals surface area contributed by atoms with E-state index in [-0.39, 0.29) is 5.97 Å². The molecule has 0 fully saturated rings. The fourth-order valence-corrected chi connectivity index (χ4v) is 3.16. The lowest BCUT2D eigenvalue weighted by Gasteiger charge is -2.11. The first-order valence-corrected chi connectivity index (χ1v) is 9.26. The molecule has 1 heterocycles. The molecule has 0 aliphatic rings. The summed E-state index contributed by atoms with van der Waals surface area (Å²) >= 11 is 1.82. The Morgan fingerprint density at radius 3 is 2.32 bits per heavy atom. The largest absolute Gasteiger partial charge is 0.462 e. The van der Waals surface area contributed by atoms with E-state index in [9.17, 15) is 4.79 Å². The predicted molar refractivity (Wildman–Crippen MR) is 103 cm³/mol. The third-order valence-corrected chi connectivity index (χ3v) is 4.87. The molecule has 0 spiro atoms. The monoisotopic (exact) mass is 359 g/mol. The molecule has 0 saturated carbocycles. The van der Waals surface area contributed by atoms with Crippen molar-refractivity contribution < 1.29 is 9.53 Å². The minimum atomic E-state index is -0.290. The van der Waals surface area contributed by atoms with Crippen molar-refractivity contribution in [1.82, 2.24) is 10.6 Å². The summed E-state index contributed by atoms with van der Waals surface area (Å²) in [6.45, 7) is 5.73. The van der Waals surface area contributed by atoms with Gasteiger partial charge < -0.3 is 15.4 Å². The van der Waals surface area contributed by atoms with Gasteiger partial charge in [-0.1, -0.05) is 19.1 Å². The summed E-state index contributed by atoms with van der Waals surface area (Å²) in [7, 11) is 1.76. The van der Waals surface area contributed by atoms with Crippen LogP contribution in [0.5, 0.6) is 0 Å². The summed E-state index contributed by atoms with van der Waals surface area (Å²) in [5, 5.41) is 6.59. The molecule has 2 N–H and O–H groups in total. The molecule has 0 radical (unpaired) electrons. The molecule has 0 saturated heterocycles. The van der Waals surface area contributed by atoms with Gasteiger partial charge in [-0.2, -0.15) is 0 Å². The smallest absolute Gasteiger partial charge is 0.338 e. The quantitative estimate of drug-likeness (QED) is 0.452. The van der Waals surface area contributed by atoms with Crippen LogP contribution >= 0.6 is 11.3 Å². The van der Waals surface area contributed by atoms with Crippen molar-refractivity contribution in [2.75, 3.05) is 13.7 Å². The zero-order valence-electron chi connectivity index (χ0n) is 15.0. The first-order chi connectivity index (χ1) is 12.2. The van der Waals surface area contributed by atoms with Gasteiger partial charge in [-0.3, -0.25) is 4.99 Å². The Labute approximate surface area is 153 Å². The number of hydrogen-bond acceptors (Lipinski definition) is 4. The minimum absolute atomic E-state index is 0.290. The summed E-state index contributed by atoms with van der Waals surface area (Å²) in [6, 6.07) is 11.7. The fraction of sp³-hybridized carbons (Fsp3) is 0.368. The van der Waals surface area contributed by atoms with Gasteiger partial charge in [0.05, 0.1) is 18.7 Å². The summed E-state index contributed by atoms with van der Waals surface area (Å²) < 4.78 is 4.98. The van der Waals surface area contributed by atoms with E-state index in [1.54, 1.807) is 26.1 Å². The molecule has 0 unspecified atom stereocenters. The van der Waals surface area contributed by atoms with E-state index in [4.69, 9.17) is 4.74 Å². The maximum absolute atomic E-state index is 11.6. The van der Waals surface area contributed by atoms with Crippen LogP contribution in [0.1, 0.15) is 39.5 Å². The van der Waals surface area contributed by atoms with Gasteiger partial charge in [-0.25, -0.2) is 4.79 Å². The van der Waals surface area contributed by atoms with Crippen LogP contribution in [-0.2, 0) is 24.2 Å². The number of carbonyl (C=O) groups excluding carboxylic acids is 1. The predicted octanol–water partition coefficient (Wildman–Crippen LogP) is 3.35. The third-order valence-electron chi connectivity index (χ3n) is 3.64. The van der Waals surface area contributed by atoms with Crippen molar-refractivity contribution in [2.24, 2.45) is 4.99 Å². The molecule has 6 heteroatoms. The molecule has 5 nitrogen and oxygen atoms in total. The van der Waals surface area contributed by atoms with Crippen LogP contribution in [0.3, 0.4) is 0 Å². The number of rotatable bonds is 7. The number of carbonyl (C=O) groups is 1. The average molecular weight is 359 g/mol. The summed E-state index contributed by atoms with van der Waals surface area (Å²) in [6.07, 6.45) is 1.07. The van der Waals surface area contributed by atoms with Crippen LogP contribution in [0.25, 0.3) is 0 Å². The fourth-order valence-electron chi connectivity index (χ4n) is 2.26. The summed E-state index contributed by atoms with van der Waals surface area (Å²) in [5.74, 6) is 0.461. The Balaban J connectivity index is 1.82. The number of benzene rings is 1. The van der Waals surface area contributed by atoms with Crippen LogP contribution in [0, 0.1) is 0 Å². The van der Waals surface area contributed by atoms with E-state index < -0.39 is 0 Å². The lowest BCUT2D eigenvalue weighted by molar-refractivity contribution is 0.0526. The Bertz CT molecular complexity index is 708. The summed E-state index contributed by atoms with van der Waals surface area (Å²) in [5.41, 5.74) is 1.64. The van der Waals surface area contributed by atoms with E-state index in [1.807, 2.05) is 23.5 Å². The Kier molecular flexibility index (Phi) is 7.47. The molecule has 0 amide bonds. The lowest BCUT2D eigenvalue weighted by atomic mass is 10.1. The highest BCUT2D eigenvalue weighted by molar-refractivity contribution is 7.11. The normalized spacial score (nSPS) is 11.2. The Morgan fingerprint density at radius 2 is 1.72 bits per heavy atom. The Morgan fingerprint density at radius 1 is 1.04 bits per heavy atom. The molecule has 2 rings (SSSR count). The van der Waals surface area contributed by atoms with E-state index in [2.05, 4.69) is 34.7 Å². The minimum Gasteiger partial charge on any atom is -0.462 e. The van der Waals surface area contributed by atoms with Crippen LogP contribution in [0.2, 0.25) is 0 Å². The molecule has 0 aliphatic heterocycles. The molecule has 25 heavy (non-hydrogen) atoms. The zero-order chi connectivity index (χ0) is 18.1. The van der Waals surface area contributed by atoms with Crippen molar-refractivity contribution in [1.29, 1.82) is 0 Å². The van der Waals surface area contributed by atoms with Gasteiger partial charge in [0, 0.05) is 23.3 Å². The van der Waals surface area contributed by atoms with E-state index in [0.717, 1.165) is 24.5 Å². The number of aliphatic imine (C=N–C) groups is 1. The van der Waals surface area contributed by atoms with Crippen LogP contribution in [0.4, 0.5) is 0 Å². The second-order valence-electron chi connectivity index (χ2n) is 5.42. The Hall–Kier alpha value is -2.34. The van der Waals surface area contributed by atoms with E-state index >= 15 is 0 Å². The number of thiophene rings is 1. The highest BCUT2D eigenvalue weighted by Gasteiger charge is 2.06. The second-order valence-corrected chi connectivity index (χ2v) is 6.67. The SMILES string of the molecule is CCOC(=O)c1ccc(CNC(=NC)NCc2ccc(CC)s2)cc1. The van der Waals surface area contributed by atoms with Gasteiger partial charge in [-0.15, -0.1) is 11.3 Å². The molecule has 1 aromatic carbocycles. The molecular formula is C19H25N3O2S. The van der Waals surface area contributed by atoms with Crippen LogP contribution in [0.15, 0.2) is 41.4 Å². The molecule has 0 atom stereocenters. The lowest BCUT2D eigenvalue weighted by Crippen LogP contribution is -2.36. The maximum atomic E-state index is 11.6. The number of ether oxygens (including phenoxy) is 1. The number of esters is 1. The average Bonchev–Trinajstić information content (AvgIpc) is 3.10. The van der Waals surface area contributed by atoms with Crippen molar-refractivity contribution in [3.8, 4) is 0 Å². The topological polar surface area (TPSA) is 62.7 Å². The van der Waals surface area contributed by atoms with Gasteiger partial charge >= 0.3 is 5.97 Å². The van der Waals surface area contributed by atoms with Crippen molar-refractivity contribution in [2.45, 2.75) is 33.4 Å². The van der Waals surface area contributed by atoms with Gasteiger partial charge in [-0.05, 0) is 43.2 Å². The van der Waals surface area contributed by atoms with Gasteiger partial charge in [0.25, 0.3) is 0 Å². The van der Waals surface area contributed by atoms with Crippen molar-refractivity contribution in [3.05, 3.63) is 57.3 Å². The standard InChI is InChI=1S/C19H25N3O2S/c1-4-16-10-11-17(25-16)13-22-19(20-3)21-12-14-6-8-15(9-7-14)18(23)24-5-2/h6-11H,4-5,12-13H2,1-3H3,(H2,20,21,22). The van der Waals surface area contributed by atoms with Gasteiger partial charge in [0.1, 0.15) is 0 Å². The molecule has 0 aliphatic carbocycles. The first-order valence-electron chi connectivity index (χ1n) is 8.44. The second kappa shape index (κ2) is 9.84. The summed E-state index contributed by atoms with van der Waals surface area (Å²) in [4.78, 5) is 18.6. The molecule has 2 aromatic rings. The highest BCUT2D eigenvalue weighted by atomic mass is 32.1.